The van der Waals surface area contributed by atoms with E-state index in [1.54, 1.807) is 0 Å². The summed E-state index contributed by atoms with van der Waals surface area (Å²) in [4.78, 5) is 2.42. The zero-order valence-electron chi connectivity index (χ0n) is 34.0. The van der Waals surface area contributed by atoms with Crippen LogP contribution in [0.15, 0.2) is 253 Å². The fraction of sp³-hybridized carbons (Fsp3) is 0. The van der Waals surface area contributed by atoms with Crippen molar-refractivity contribution in [2.45, 2.75) is 0 Å². The number of anilines is 3. The Hall–Kier alpha value is -8.20. The Kier molecular flexibility index (Phi) is 9.57. The third-order valence-corrected chi connectivity index (χ3v) is 11.9. The quantitative estimate of drug-likeness (QED) is 0.145. The molecule has 0 fully saturated rings. The van der Waals surface area contributed by atoms with Crippen LogP contribution in [-0.2, 0) is 0 Å². The normalized spacial score (nSPS) is 11.2. The molecule has 0 N–H and O–H groups in total. The van der Waals surface area contributed by atoms with Gasteiger partial charge in [-0.1, -0.05) is 194 Å². The van der Waals surface area contributed by atoms with E-state index in [0.29, 0.717) is 0 Å². The van der Waals surface area contributed by atoms with Crippen molar-refractivity contribution in [3.05, 3.63) is 249 Å². The molecule has 0 aliphatic heterocycles. The molecule has 10 aromatic carbocycles. The summed E-state index contributed by atoms with van der Waals surface area (Å²) in [5.74, 6) is 0. The van der Waals surface area contributed by atoms with E-state index >= 15 is 0 Å². The van der Waals surface area contributed by atoms with E-state index < -0.39 is 0 Å². The summed E-state index contributed by atoms with van der Waals surface area (Å²) in [5.41, 5.74) is 19.0. The number of fused-ring (bicyclic) bond motifs is 3. The maximum Gasteiger partial charge on any atom is 0.137 e. The predicted molar refractivity (Wildman–Crippen MR) is 261 cm³/mol. The van der Waals surface area contributed by atoms with Crippen molar-refractivity contribution in [1.29, 1.82) is 0 Å². The van der Waals surface area contributed by atoms with Gasteiger partial charge in [-0.05, 0) is 116 Å². The van der Waals surface area contributed by atoms with Crippen molar-refractivity contribution >= 4 is 39.0 Å². The van der Waals surface area contributed by atoms with Gasteiger partial charge in [0, 0.05) is 16.6 Å². The topological polar surface area (TPSA) is 16.4 Å². The van der Waals surface area contributed by atoms with Crippen LogP contribution in [0.1, 0.15) is 0 Å². The second-order valence-electron chi connectivity index (χ2n) is 15.6. The Labute approximate surface area is 362 Å². The molecule has 11 rings (SSSR count). The minimum Gasteiger partial charge on any atom is -0.456 e. The molecule has 0 radical (unpaired) electrons. The molecule has 0 aliphatic rings. The lowest BCUT2D eigenvalue weighted by Crippen LogP contribution is -2.11. The summed E-state index contributed by atoms with van der Waals surface area (Å²) >= 11 is 0. The predicted octanol–water partition coefficient (Wildman–Crippen LogP) is 17.1. The van der Waals surface area contributed by atoms with E-state index in [4.69, 9.17) is 4.42 Å². The Bertz CT molecular complexity index is 3270. The first-order chi connectivity index (χ1) is 30.8. The molecule has 292 valence electrons. The van der Waals surface area contributed by atoms with Crippen LogP contribution in [-0.4, -0.2) is 0 Å². The number of rotatable bonds is 9. The minimum absolute atomic E-state index is 0.853. The van der Waals surface area contributed by atoms with E-state index in [2.05, 4.69) is 248 Å². The largest absolute Gasteiger partial charge is 0.456 e. The summed E-state index contributed by atoms with van der Waals surface area (Å²) in [6, 6.07) is 89.1. The first kappa shape index (κ1) is 36.8. The van der Waals surface area contributed by atoms with Crippen LogP contribution in [0.4, 0.5) is 17.1 Å². The molecule has 0 saturated heterocycles. The molecule has 1 heterocycles. The lowest BCUT2D eigenvalue weighted by atomic mass is 9.88. The highest BCUT2D eigenvalue weighted by Gasteiger charge is 2.23. The summed E-state index contributed by atoms with van der Waals surface area (Å²) in [6.45, 7) is 0. The molecule has 0 aliphatic carbocycles. The Morgan fingerprint density at radius 3 is 1.29 bits per heavy atom. The van der Waals surface area contributed by atoms with Crippen molar-refractivity contribution in [3.8, 4) is 66.8 Å². The van der Waals surface area contributed by atoms with Crippen LogP contribution in [0.2, 0.25) is 0 Å². The molecule has 1 aromatic heterocycles. The van der Waals surface area contributed by atoms with E-state index in [-0.39, 0.29) is 0 Å². The zero-order valence-corrected chi connectivity index (χ0v) is 34.0. The Morgan fingerprint density at radius 1 is 0.258 bits per heavy atom. The maximum absolute atomic E-state index is 6.51. The number of para-hydroxylation sites is 2. The smallest absolute Gasteiger partial charge is 0.137 e. The summed E-state index contributed by atoms with van der Waals surface area (Å²) < 4.78 is 6.51. The monoisotopic (exact) mass is 791 g/mol. The van der Waals surface area contributed by atoms with Crippen molar-refractivity contribution in [2.75, 3.05) is 4.90 Å². The molecule has 0 atom stereocenters. The molecule has 0 unspecified atom stereocenters. The summed E-state index contributed by atoms with van der Waals surface area (Å²) in [7, 11) is 0. The minimum atomic E-state index is 0.853. The van der Waals surface area contributed by atoms with Gasteiger partial charge in [0.15, 0.2) is 0 Å². The van der Waals surface area contributed by atoms with Crippen molar-refractivity contribution in [2.24, 2.45) is 0 Å². The van der Waals surface area contributed by atoms with Gasteiger partial charge in [-0.3, -0.25) is 0 Å². The van der Waals surface area contributed by atoms with Gasteiger partial charge in [-0.25, -0.2) is 0 Å². The Morgan fingerprint density at radius 2 is 0.677 bits per heavy atom. The van der Waals surface area contributed by atoms with Crippen molar-refractivity contribution < 1.29 is 4.42 Å². The van der Waals surface area contributed by atoms with Gasteiger partial charge in [0.1, 0.15) is 11.2 Å². The SMILES string of the molecule is c1ccc(-c2cc(-c3ccccc3)cc(-c3ccc(N(c4ccccc4-c4ccccc4-c4ccccc4-c4ccccc4)c4cccc5oc6ccccc6c45)cc3)c2)cc1. The van der Waals surface area contributed by atoms with Crippen LogP contribution in [0.5, 0.6) is 0 Å². The molecule has 2 heteroatoms. The van der Waals surface area contributed by atoms with E-state index in [1.165, 1.54) is 44.5 Å². The van der Waals surface area contributed by atoms with Gasteiger partial charge in [0.05, 0.1) is 16.8 Å². The second-order valence-corrected chi connectivity index (χ2v) is 15.6. The lowest BCUT2D eigenvalue weighted by Gasteiger charge is -2.29. The van der Waals surface area contributed by atoms with Crippen LogP contribution in [0, 0.1) is 0 Å². The standard InChI is InChI=1S/C60H41NO/c1-4-19-42(20-5-1)46-39-47(43-21-6-2-7-22-43)41-48(40-46)44-35-37-49(38-36-44)61(57-32-18-34-59-60(57)55-30-15-17-33-58(55)62-59)56-31-16-14-29-54(56)53-28-13-12-27-52(53)51-26-11-10-25-50(51)45-23-8-3-9-24-45/h1-41H. The van der Waals surface area contributed by atoms with E-state index in [9.17, 15) is 0 Å². The van der Waals surface area contributed by atoms with Crippen molar-refractivity contribution in [1.82, 2.24) is 0 Å². The number of furan rings is 1. The first-order valence-corrected chi connectivity index (χ1v) is 21.2. The fourth-order valence-electron chi connectivity index (χ4n) is 8.98. The van der Waals surface area contributed by atoms with Crippen LogP contribution < -0.4 is 4.90 Å². The molecular weight excluding hydrogens is 751 g/mol. The highest BCUT2D eigenvalue weighted by atomic mass is 16.3. The van der Waals surface area contributed by atoms with Gasteiger partial charge in [-0.15, -0.1) is 0 Å². The van der Waals surface area contributed by atoms with Gasteiger partial charge in [-0.2, -0.15) is 0 Å². The number of benzene rings is 10. The molecule has 0 amide bonds. The van der Waals surface area contributed by atoms with Crippen LogP contribution in [0.25, 0.3) is 88.7 Å². The second kappa shape index (κ2) is 16.1. The molecule has 2 nitrogen and oxygen atoms in total. The van der Waals surface area contributed by atoms with Gasteiger partial charge < -0.3 is 9.32 Å². The number of hydrogen-bond donors (Lipinski definition) is 0. The third kappa shape index (κ3) is 6.84. The van der Waals surface area contributed by atoms with Crippen LogP contribution in [0.3, 0.4) is 0 Å². The molecule has 0 spiro atoms. The highest BCUT2D eigenvalue weighted by Crippen LogP contribution is 2.48. The van der Waals surface area contributed by atoms with Gasteiger partial charge in [0.25, 0.3) is 0 Å². The Balaban J connectivity index is 1.10. The molecule has 11 aromatic rings. The molecule has 0 saturated carbocycles. The van der Waals surface area contributed by atoms with Gasteiger partial charge in [0.2, 0.25) is 0 Å². The maximum atomic E-state index is 6.51. The van der Waals surface area contributed by atoms with E-state index in [1.807, 2.05) is 6.07 Å². The molecule has 0 bridgehead atoms. The van der Waals surface area contributed by atoms with E-state index in [0.717, 1.165) is 61.3 Å². The highest BCUT2D eigenvalue weighted by molar-refractivity contribution is 6.14. The molecule has 62 heavy (non-hydrogen) atoms. The molecular formula is C60H41NO. The average molecular weight is 792 g/mol. The van der Waals surface area contributed by atoms with Gasteiger partial charge >= 0.3 is 0 Å². The lowest BCUT2D eigenvalue weighted by molar-refractivity contribution is 0.669. The number of nitrogens with zero attached hydrogens (tertiary/aromatic N) is 1. The third-order valence-electron chi connectivity index (χ3n) is 11.9. The summed E-state index contributed by atoms with van der Waals surface area (Å²) in [6.07, 6.45) is 0. The first-order valence-electron chi connectivity index (χ1n) is 21.2. The number of hydrogen-bond acceptors (Lipinski definition) is 2. The van der Waals surface area contributed by atoms with Crippen LogP contribution >= 0.6 is 0 Å². The average Bonchev–Trinajstić information content (AvgIpc) is 3.75. The fourth-order valence-corrected chi connectivity index (χ4v) is 8.98. The summed E-state index contributed by atoms with van der Waals surface area (Å²) in [5, 5.41) is 2.16. The zero-order chi connectivity index (χ0) is 41.2. The van der Waals surface area contributed by atoms with Crippen molar-refractivity contribution in [3.63, 3.8) is 0 Å².